The molecule has 1 aliphatic carbocycles. The molecular weight excluding hydrogens is 192 g/mol. The quantitative estimate of drug-likeness (QED) is 0.572. The maximum absolute atomic E-state index is 11.8. The van der Waals surface area contributed by atoms with Crippen molar-refractivity contribution >= 4 is 5.97 Å². The van der Waals surface area contributed by atoms with Crippen LogP contribution in [-0.2, 0) is 9.53 Å². The Morgan fingerprint density at radius 3 is 2.40 bits per heavy atom. The lowest BCUT2D eigenvalue weighted by Gasteiger charge is -2.15. The first-order valence-electron chi connectivity index (χ1n) is 5.36. The number of hydrogen-bond donors (Lipinski definition) is 1. The third-order valence-corrected chi connectivity index (χ3v) is 3.19. The van der Waals surface area contributed by atoms with Crippen molar-refractivity contribution in [2.24, 2.45) is 10.8 Å². The monoisotopic (exact) mass is 212 g/mol. The highest BCUT2D eigenvalue weighted by molar-refractivity contribution is 5.84. The fourth-order valence-corrected chi connectivity index (χ4v) is 2.03. The largest absolute Gasteiger partial charge is 0.465 e. The molecule has 1 aliphatic rings. The van der Waals surface area contributed by atoms with Crippen LogP contribution in [0, 0.1) is 10.8 Å². The first kappa shape index (κ1) is 12.2. The molecule has 1 saturated carbocycles. The van der Waals surface area contributed by atoms with Crippen LogP contribution in [-0.4, -0.2) is 24.3 Å². The SMILES string of the molecule is CCOC(=O)C1(C=C(C)CO)CC1(C)C. The van der Waals surface area contributed by atoms with Gasteiger partial charge >= 0.3 is 5.97 Å². The van der Waals surface area contributed by atoms with Gasteiger partial charge < -0.3 is 9.84 Å². The number of carbonyl (C=O) groups excluding carboxylic acids is 1. The third kappa shape index (κ3) is 2.07. The summed E-state index contributed by atoms with van der Waals surface area (Å²) in [5, 5.41) is 8.99. The summed E-state index contributed by atoms with van der Waals surface area (Å²) in [7, 11) is 0. The van der Waals surface area contributed by atoms with Gasteiger partial charge in [-0.2, -0.15) is 0 Å². The first-order chi connectivity index (χ1) is 6.89. The van der Waals surface area contributed by atoms with Crippen LogP contribution in [0.1, 0.15) is 34.1 Å². The molecule has 15 heavy (non-hydrogen) atoms. The standard InChI is InChI=1S/C12H20O3/c1-5-15-10(14)12(6-9(2)7-13)8-11(12,3)4/h6,13H,5,7-8H2,1-4H3. The Kier molecular flexibility index (Phi) is 3.24. The third-order valence-electron chi connectivity index (χ3n) is 3.19. The molecule has 0 aromatic heterocycles. The van der Waals surface area contributed by atoms with Gasteiger partial charge in [-0.25, -0.2) is 0 Å². The van der Waals surface area contributed by atoms with Gasteiger partial charge in [0.05, 0.1) is 18.6 Å². The molecule has 86 valence electrons. The molecule has 3 nitrogen and oxygen atoms in total. The number of carbonyl (C=O) groups is 1. The normalized spacial score (nSPS) is 28.7. The summed E-state index contributed by atoms with van der Waals surface area (Å²) in [6, 6.07) is 0. The highest BCUT2D eigenvalue weighted by Gasteiger charge is 2.65. The van der Waals surface area contributed by atoms with Gasteiger partial charge in [0.15, 0.2) is 0 Å². The maximum atomic E-state index is 11.8. The number of aliphatic hydroxyl groups is 1. The van der Waals surface area contributed by atoms with Crippen LogP contribution in [0.5, 0.6) is 0 Å². The topological polar surface area (TPSA) is 46.5 Å². The summed E-state index contributed by atoms with van der Waals surface area (Å²) in [6.07, 6.45) is 2.67. The van der Waals surface area contributed by atoms with E-state index in [9.17, 15) is 4.79 Å². The second-order valence-corrected chi connectivity index (χ2v) is 4.90. The van der Waals surface area contributed by atoms with E-state index in [0.717, 1.165) is 12.0 Å². The van der Waals surface area contributed by atoms with Gasteiger partial charge in [0.25, 0.3) is 0 Å². The molecule has 1 rings (SSSR count). The Balaban J connectivity index is 2.89. The minimum absolute atomic E-state index is 0.00274. The van der Waals surface area contributed by atoms with Gasteiger partial charge in [-0.1, -0.05) is 25.5 Å². The first-order valence-corrected chi connectivity index (χ1v) is 5.36. The second kappa shape index (κ2) is 3.97. The van der Waals surface area contributed by atoms with Gasteiger partial charge in [-0.05, 0) is 25.7 Å². The number of aliphatic hydroxyl groups excluding tert-OH is 1. The molecule has 0 aromatic carbocycles. The van der Waals surface area contributed by atoms with E-state index in [1.54, 1.807) is 0 Å². The maximum Gasteiger partial charge on any atom is 0.316 e. The lowest BCUT2D eigenvalue weighted by Crippen LogP contribution is -2.22. The number of rotatable bonds is 4. The smallest absolute Gasteiger partial charge is 0.316 e. The Morgan fingerprint density at radius 2 is 2.07 bits per heavy atom. The fraction of sp³-hybridized carbons (Fsp3) is 0.750. The van der Waals surface area contributed by atoms with E-state index in [2.05, 4.69) is 0 Å². The van der Waals surface area contributed by atoms with Crippen molar-refractivity contribution in [2.75, 3.05) is 13.2 Å². The zero-order chi connectivity index (χ0) is 11.7. The van der Waals surface area contributed by atoms with Crippen LogP contribution in [0.15, 0.2) is 11.6 Å². The molecule has 1 fully saturated rings. The van der Waals surface area contributed by atoms with Crippen LogP contribution < -0.4 is 0 Å². The lowest BCUT2D eigenvalue weighted by molar-refractivity contribution is -0.148. The van der Waals surface area contributed by atoms with E-state index in [1.165, 1.54) is 0 Å². The van der Waals surface area contributed by atoms with Crippen molar-refractivity contribution in [1.29, 1.82) is 0 Å². The summed E-state index contributed by atoms with van der Waals surface area (Å²) in [5.41, 5.74) is 0.277. The zero-order valence-electron chi connectivity index (χ0n) is 9.96. The van der Waals surface area contributed by atoms with E-state index < -0.39 is 5.41 Å². The molecule has 0 saturated heterocycles. The molecule has 1 N–H and O–H groups in total. The van der Waals surface area contributed by atoms with Crippen molar-refractivity contribution in [2.45, 2.75) is 34.1 Å². The summed E-state index contributed by atoms with van der Waals surface area (Å²) < 4.78 is 5.09. The van der Waals surface area contributed by atoms with Crippen molar-refractivity contribution in [3.63, 3.8) is 0 Å². The van der Waals surface area contributed by atoms with Gasteiger partial charge in [0, 0.05) is 0 Å². The van der Waals surface area contributed by atoms with Crippen LogP contribution in [0.4, 0.5) is 0 Å². The van der Waals surface area contributed by atoms with Gasteiger partial charge in [0.1, 0.15) is 0 Å². The minimum atomic E-state index is -0.504. The van der Waals surface area contributed by atoms with E-state index >= 15 is 0 Å². The molecule has 0 radical (unpaired) electrons. The number of hydrogen-bond acceptors (Lipinski definition) is 3. The molecule has 0 aromatic rings. The Bertz CT molecular complexity index is 291. The van der Waals surface area contributed by atoms with Gasteiger partial charge in [-0.3, -0.25) is 4.79 Å². The average Bonchev–Trinajstić information content (AvgIpc) is 2.70. The minimum Gasteiger partial charge on any atom is -0.465 e. The molecule has 0 heterocycles. The number of esters is 1. The molecule has 1 atom stereocenters. The van der Waals surface area contributed by atoms with Crippen molar-refractivity contribution in [3.8, 4) is 0 Å². The molecule has 1 unspecified atom stereocenters. The molecule has 0 bridgehead atoms. The van der Waals surface area contributed by atoms with Crippen molar-refractivity contribution < 1.29 is 14.6 Å². The average molecular weight is 212 g/mol. The van der Waals surface area contributed by atoms with Crippen molar-refractivity contribution in [3.05, 3.63) is 11.6 Å². The summed E-state index contributed by atoms with van der Waals surface area (Å²) in [6.45, 7) is 8.13. The molecule has 0 spiro atoms. The van der Waals surface area contributed by atoms with Crippen LogP contribution in [0.25, 0.3) is 0 Å². The lowest BCUT2D eigenvalue weighted by atomic mass is 9.93. The van der Waals surface area contributed by atoms with E-state index in [-0.39, 0.29) is 18.0 Å². The van der Waals surface area contributed by atoms with E-state index in [4.69, 9.17) is 9.84 Å². The summed E-state index contributed by atoms with van der Waals surface area (Å²) in [5.74, 6) is -0.164. The highest BCUT2D eigenvalue weighted by Crippen LogP contribution is 2.65. The Hall–Kier alpha value is -0.830. The van der Waals surface area contributed by atoms with E-state index in [0.29, 0.717) is 6.61 Å². The fourth-order valence-electron chi connectivity index (χ4n) is 2.03. The Labute approximate surface area is 91.1 Å². The molecular formula is C12H20O3. The van der Waals surface area contributed by atoms with E-state index in [1.807, 2.05) is 33.8 Å². The molecule has 3 heteroatoms. The van der Waals surface area contributed by atoms with Crippen LogP contribution in [0.3, 0.4) is 0 Å². The molecule has 0 aliphatic heterocycles. The van der Waals surface area contributed by atoms with Crippen LogP contribution in [0.2, 0.25) is 0 Å². The predicted molar refractivity (Wildman–Crippen MR) is 58.3 cm³/mol. The van der Waals surface area contributed by atoms with Gasteiger partial charge in [0.2, 0.25) is 0 Å². The number of ether oxygens (including phenoxy) is 1. The molecule has 0 amide bonds. The highest BCUT2D eigenvalue weighted by atomic mass is 16.5. The zero-order valence-corrected chi connectivity index (χ0v) is 9.96. The summed E-state index contributed by atoms with van der Waals surface area (Å²) in [4.78, 5) is 11.8. The van der Waals surface area contributed by atoms with Crippen molar-refractivity contribution in [1.82, 2.24) is 0 Å². The van der Waals surface area contributed by atoms with Crippen LogP contribution >= 0.6 is 0 Å². The summed E-state index contributed by atoms with van der Waals surface area (Å²) >= 11 is 0. The van der Waals surface area contributed by atoms with Gasteiger partial charge in [-0.15, -0.1) is 0 Å². The second-order valence-electron chi connectivity index (χ2n) is 4.90. The Morgan fingerprint density at radius 1 is 1.53 bits per heavy atom. The predicted octanol–water partition coefficient (Wildman–Crippen LogP) is 1.90.